The number of aryl methyl sites for hydroxylation is 1. The number of nitrogens with zero attached hydrogens (tertiary/aromatic N) is 2. The number of hydrogen-bond acceptors (Lipinski definition) is 5. The SMILES string of the molecule is CCCS(=O)(=O)N1CCCc2ccc(NC(=O)c3cc([N+](=O)[O-])ccc3Cl)cc21. The van der Waals surface area contributed by atoms with Gasteiger partial charge in [-0.25, -0.2) is 8.42 Å². The lowest BCUT2D eigenvalue weighted by Gasteiger charge is -2.31. The number of amides is 1. The van der Waals surface area contributed by atoms with Crippen molar-refractivity contribution in [2.45, 2.75) is 26.2 Å². The molecule has 0 saturated carbocycles. The summed E-state index contributed by atoms with van der Waals surface area (Å²) in [5, 5.41) is 13.7. The van der Waals surface area contributed by atoms with Gasteiger partial charge in [0, 0.05) is 24.4 Å². The molecule has 154 valence electrons. The Bertz CT molecular complexity index is 1070. The highest BCUT2D eigenvalue weighted by atomic mass is 35.5. The number of sulfonamides is 1. The topological polar surface area (TPSA) is 110 Å². The van der Waals surface area contributed by atoms with E-state index < -0.39 is 20.9 Å². The van der Waals surface area contributed by atoms with Gasteiger partial charge in [-0.3, -0.25) is 19.2 Å². The average Bonchev–Trinajstić information content (AvgIpc) is 2.67. The summed E-state index contributed by atoms with van der Waals surface area (Å²) >= 11 is 6.02. The van der Waals surface area contributed by atoms with E-state index in [0.717, 1.165) is 24.5 Å². The second kappa shape index (κ2) is 8.38. The number of nitro benzene ring substituents is 1. The van der Waals surface area contributed by atoms with Gasteiger partial charge in [0.25, 0.3) is 11.6 Å². The number of halogens is 1. The lowest BCUT2D eigenvalue weighted by Crippen LogP contribution is -2.37. The molecule has 1 heterocycles. The molecular weight excluding hydrogens is 418 g/mol. The zero-order valence-electron chi connectivity index (χ0n) is 15.7. The quantitative estimate of drug-likeness (QED) is 0.542. The number of carbonyl (C=O) groups is 1. The van der Waals surface area contributed by atoms with Crippen molar-refractivity contribution in [3.63, 3.8) is 0 Å². The second-order valence-electron chi connectivity index (χ2n) is 6.71. The van der Waals surface area contributed by atoms with E-state index in [-0.39, 0.29) is 22.0 Å². The predicted molar refractivity (Wildman–Crippen MR) is 112 cm³/mol. The lowest BCUT2D eigenvalue weighted by molar-refractivity contribution is -0.384. The number of rotatable bonds is 6. The average molecular weight is 438 g/mol. The molecule has 0 radical (unpaired) electrons. The van der Waals surface area contributed by atoms with Crippen molar-refractivity contribution in [3.8, 4) is 0 Å². The molecule has 0 spiro atoms. The highest BCUT2D eigenvalue weighted by Gasteiger charge is 2.27. The number of fused-ring (bicyclic) bond motifs is 1. The van der Waals surface area contributed by atoms with Gasteiger partial charge < -0.3 is 5.32 Å². The van der Waals surface area contributed by atoms with Gasteiger partial charge in [-0.15, -0.1) is 0 Å². The molecule has 2 aromatic carbocycles. The zero-order chi connectivity index (χ0) is 21.2. The molecule has 1 amide bonds. The maximum atomic E-state index is 12.6. The molecule has 1 aliphatic heterocycles. The van der Waals surface area contributed by atoms with E-state index in [0.29, 0.717) is 24.3 Å². The molecule has 0 bridgehead atoms. The van der Waals surface area contributed by atoms with Crippen LogP contribution in [0.15, 0.2) is 36.4 Å². The molecule has 10 heteroatoms. The number of nitrogens with one attached hydrogen (secondary N) is 1. The van der Waals surface area contributed by atoms with Crippen molar-refractivity contribution in [2.75, 3.05) is 21.9 Å². The van der Waals surface area contributed by atoms with Gasteiger partial charge in [-0.05, 0) is 43.0 Å². The van der Waals surface area contributed by atoms with Gasteiger partial charge in [0.15, 0.2) is 0 Å². The molecule has 3 rings (SSSR count). The van der Waals surface area contributed by atoms with Crippen LogP contribution in [0.4, 0.5) is 17.1 Å². The van der Waals surface area contributed by atoms with Crippen molar-refractivity contribution in [2.24, 2.45) is 0 Å². The number of benzene rings is 2. The van der Waals surface area contributed by atoms with Crippen molar-refractivity contribution >= 4 is 44.6 Å². The maximum absolute atomic E-state index is 12.6. The normalized spacial score (nSPS) is 13.7. The predicted octanol–water partition coefficient (Wildman–Crippen LogP) is 3.99. The molecule has 8 nitrogen and oxygen atoms in total. The fraction of sp³-hybridized carbons (Fsp3) is 0.316. The summed E-state index contributed by atoms with van der Waals surface area (Å²) < 4.78 is 26.6. The zero-order valence-corrected chi connectivity index (χ0v) is 17.3. The molecule has 1 aliphatic rings. The molecule has 0 aliphatic carbocycles. The number of non-ortho nitro benzene ring substituents is 1. The van der Waals surface area contributed by atoms with Gasteiger partial charge in [0.1, 0.15) is 0 Å². The van der Waals surface area contributed by atoms with Gasteiger partial charge in [0.05, 0.1) is 26.9 Å². The number of carbonyl (C=O) groups excluding carboxylic acids is 1. The van der Waals surface area contributed by atoms with Gasteiger partial charge in [0.2, 0.25) is 10.0 Å². The summed E-state index contributed by atoms with van der Waals surface area (Å²) in [6.45, 7) is 2.20. The lowest BCUT2D eigenvalue weighted by atomic mass is 10.0. The number of nitro groups is 1. The van der Waals surface area contributed by atoms with E-state index in [1.54, 1.807) is 18.2 Å². The molecule has 0 aromatic heterocycles. The highest BCUT2D eigenvalue weighted by molar-refractivity contribution is 7.92. The first-order chi connectivity index (χ1) is 13.7. The summed E-state index contributed by atoms with van der Waals surface area (Å²) in [5.74, 6) is -0.566. The van der Waals surface area contributed by atoms with Crippen LogP contribution in [0.1, 0.15) is 35.7 Å². The second-order valence-corrected chi connectivity index (χ2v) is 9.13. The van der Waals surface area contributed by atoms with E-state index in [1.165, 1.54) is 16.4 Å². The summed E-state index contributed by atoms with van der Waals surface area (Å²) in [6, 6.07) is 8.69. The van der Waals surface area contributed by atoms with Gasteiger partial charge in [-0.2, -0.15) is 0 Å². The Kier molecular flexibility index (Phi) is 6.09. The van der Waals surface area contributed by atoms with E-state index in [9.17, 15) is 23.3 Å². The van der Waals surface area contributed by atoms with Crippen molar-refractivity contribution in [1.82, 2.24) is 0 Å². The Hall–Kier alpha value is -2.65. The fourth-order valence-corrected chi connectivity index (χ4v) is 5.09. The molecule has 29 heavy (non-hydrogen) atoms. The monoisotopic (exact) mass is 437 g/mol. The smallest absolute Gasteiger partial charge is 0.270 e. The maximum Gasteiger partial charge on any atom is 0.270 e. The first kappa shape index (κ1) is 21.1. The Labute approximate surface area is 173 Å². The molecule has 0 saturated heterocycles. The Balaban J connectivity index is 1.91. The molecule has 0 atom stereocenters. The van der Waals surface area contributed by atoms with E-state index in [1.807, 2.05) is 6.92 Å². The van der Waals surface area contributed by atoms with Crippen molar-refractivity contribution in [3.05, 3.63) is 62.7 Å². The minimum atomic E-state index is -3.44. The first-order valence-corrected chi connectivity index (χ1v) is 11.1. The van der Waals surface area contributed by atoms with Crippen LogP contribution in [0, 0.1) is 10.1 Å². The largest absolute Gasteiger partial charge is 0.322 e. The highest BCUT2D eigenvalue weighted by Crippen LogP contribution is 2.33. The van der Waals surface area contributed by atoms with Crippen LogP contribution in [-0.2, 0) is 16.4 Å². The first-order valence-electron chi connectivity index (χ1n) is 9.11. The van der Waals surface area contributed by atoms with Crippen LogP contribution in [0.25, 0.3) is 0 Å². The third-order valence-electron chi connectivity index (χ3n) is 4.62. The minimum Gasteiger partial charge on any atom is -0.322 e. The van der Waals surface area contributed by atoms with Gasteiger partial charge >= 0.3 is 0 Å². The van der Waals surface area contributed by atoms with Crippen molar-refractivity contribution < 1.29 is 18.1 Å². The molecule has 0 unspecified atom stereocenters. The van der Waals surface area contributed by atoms with E-state index >= 15 is 0 Å². The molecule has 1 N–H and O–H groups in total. The van der Waals surface area contributed by atoms with E-state index in [2.05, 4.69) is 5.32 Å². The number of anilines is 2. The van der Waals surface area contributed by atoms with Crippen LogP contribution >= 0.6 is 11.6 Å². The third-order valence-corrected chi connectivity index (χ3v) is 6.93. The van der Waals surface area contributed by atoms with Crippen molar-refractivity contribution in [1.29, 1.82) is 0 Å². The van der Waals surface area contributed by atoms with Crippen LogP contribution in [0.5, 0.6) is 0 Å². The fourth-order valence-electron chi connectivity index (χ4n) is 3.28. The Morgan fingerprint density at radius 2 is 2.03 bits per heavy atom. The number of hydrogen-bond donors (Lipinski definition) is 1. The molecule has 0 fully saturated rings. The van der Waals surface area contributed by atoms with E-state index in [4.69, 9.17) is 11.6 Å². The standard InChI is InChI=1S/C19H20ClN3O5S/c1-2-10-29(27,28)22-9-3-4-13-5-6-14(11-18(13)22)21-19(24)16-12-15(23(25)26)7-8-17(16)20/h5-8,11-12H,2-4,9-10H2,1H3,(H,21,24). The van der Waals surface area contributed by atoms with Crippen LogP contribution in [0.2, 0.25) is 5.02 Å². The minimum absolute atomic E-state index is 0.0333. The van der Waals surface area contributed by atoms with Crippen LogP contribution in [0.3, 0.4) is 0 Å². The van der Waals surface area contributed by atoms with Crippen LogP contribution < -0.4 is 9.62 Å². The van der Waals surface area contributed by atoms with Crippen LogP contribution in [-0.4, -0.2) is 31.5 Å². The Morgan fingerprint density at radius 1 is 1.28 bits per heavy atom. The third kappa shape index (κ3) is 4.51. The molecular formula is C19H20ClN3O5S. The Morgan fingerprint density at radius 3 is 2.72 bits per heavy atom. The van der Waals surface area contributed by atoms with Gasteiger partial charge in [-0.1, -0.05) is 24.6 Å². The summed E-state index contributed by atoms with van der Waals surface area (Å²) in [7, 11) is -3.44. The summed E-state index contributed by atoms with van der Waals surface area (Å²) in [4.78, 5) is 23.0. The summed E-state index contributed by atoms with van der Waals surface area (Å²) in [5.41, 5.74) is 1.54. The summed E-state index contributed by atoms with van der Waals surface area (Å²) in [6.07, 6.45) is 1.99. The molecule has 2 aromatic rings.